The second-order valence-corrected chi connectivity index (χ2v) is 11.9. The summed E-state index contributed by atoms with van der Waals surface area (Å²) in [6, 6.07) is 9.53. The van der Waals surface area contributed by atoms with E-state index in [2.05, 4.69) is 65.1 Å². The normalized spacial score (nSPS) is 28.2. The van der Waals surface area contributed by atoms with Crippen LogP contribution in [0.15, 0.2) is 49.6 Å². The molecule has 3 aliphatic carbocycles. The zero-order valence-corrected chi connectivity index (χ0v) is 22.8. The Balaban J connectivity index is 1.30. The summed E-state index contributed by atoms with van der Waals surface area (Å²) in [5.41, 5.74) is 8.07. The van der Waals surface area contributed by atoms with E-state index >= 15 is 0 Å². The van der Waals surface area contributed by atoms with E-state index in [0.717, 1.165) is 47.0 Å². The Hall–Kier alpha value is -2.48. The monoisotopic (exact) mass is 484 g/mol. The lowest BCUT2D eigenvalue weighted by molar-refractivity contribution is 0.208. The van der Waals surface area contributed by atoms with E-state index in [1.54, 1.807) is 0 Å². The molecule has 6 atom stereocenters. The van der Waals surface area contributed by atoms with Gasteiger partial charge >= 0.3 is 0 Å². The van der Waals surface area contributed by atoms with Crippen molar-refractivity contribution >= 4 is 0 Å². The third kappa shape index (κ3) is 4.64. The largest absolute Gasteiger partial charge is 0.489 e. The average Bonchev–Trinajstić information content (AvgIpc) is 3.50. The second kappa shape index (κ2) is 10.5. The van der Waals surface area contributed by atoms with Crippen LogP contribution >= 0.6 is 0 Å². The topological polar surface area (TPSA) is 18.5 Å². The minimum atomic E-state index is 0.571. The van der Waals surface area contributed by atoms with Crippen molar-refractivity contribution in [2.45, 2.75) is 66.2 Å². The number of aryl methyl sites for hydroxylation is 4. The molecule has 2 nitrogen and oxygen atoms in total. The molecule has 2 aromatic carbocycles. The number of hydrogen-bond donors (Lipinski definition) is 0. The molecular formula is C34H44O2. The van der Waals surface area contributed by atoms with E-state index in [9.17, 15) is 0 Å². The van der Waals surface area contributed by atoms with Crippen LogP contribution in [0.25, 0.3) is 0 Å². The predicted octanol–water partition coefficient (Wildman–Crippen LogP) is 8.13. The Morgan fingerprint density at radius 2 is 1.14 bits per heavy atom. The number of benzene rings is 2. The molecule has 6 unspecified atom stereocenters. The molecule has 0 aromatic heterocycles. The van der Waals surface area contributed by atoms with Crippen LogP contribution in [-0.4, -0.2) is 13.2 Å². The van der Waals surface area contributed by atoms with Crippen LogP contribution in [0.4, 0.5) is 0 Å². The molecular weight excluding hydrogens is 440 g/mol. The van der Waals surface area contributed by atoms with Crippen LogP contribution in [0.5, 0.6) is 11.5 Å². The van der Waals surface area contributed by atoms with E-state index in [0.29, 0.717) is 13.2 Å². The van der Waals surface area contributed by atoms with Gasteiger partial charge in [0.05, 0.1) is 0 Å². The first-order valence-electron chi connectivity index (χ1n) is 14.1. The van der Waals surface area contributed by atoms with Crippen molar-refractivity contribution in [1.82, 2.24) is 0 Å². The molecule has 192 valence electrons. The lowest BCUT2D eigenvalue weighted by Crippen LogP contribution is -2.24. The van der Waals surface area contributed by atoms with Gasteiger partial charge in [0, 0.05) is 0 Å². The fraction of sp³-hybridized carbons (Fsp3) is 0.529. The first-order chi connectivity index (χ1) is 17.4. The number of ether oxygens (including phenoxy) is 2. The van der Waals surface area contributed by atoms with Crippen molar-refractivity contribution in [3.63, 3.8) is 0 Å². The molecule has 0 spiro atoms. The van der Waals surface area contributed by atoms with Crippen molar-refractivity contribution in [3.8, 4) is 11.5 Å². The molecule has 2 aromatic rings. The summed E-state index contributed by atoms with van der Waals surface area (Å²) in [5.74, 6) is 7.48. The first-order valence-corrected chi connectivity index (χ1v) is 14.1. The van der Waals surface area contributed by atoms with Crippen LogP contribution < -0.4 is 9.47 Å². The molecule has 3 saturated carbocycles. The summed E-state index contributed by atoms with van der Waals surface area (Å²) >= 11 is 0. The molecule has 3 fully saturated rings. The molecule has 2 bridgehead atoms. The van der Waals surface area contributed by atoms with E-state index in [1.165, 1.54) is 71.9 Å². The summed E-state index contributed by atoms with van der Waals surface area (Å²) in [6.07, 6.45) is 11.9. The third-order valence-electron chi connectivity index (χ3n) is 9.59. The van der Waals surface area contributed by atoms with E-state index < -0.39 is 0 Å². The second-order valence-electron chi connectivity index (χ2n) is 11.9. The summed E-state index contributed by atoms with van der Waals surface area (Å²) in [5, 5.41) is 0. The predicted molar refractivity (Wildman–Crippen MR) is 150 cm³/mol. The summed E-state index contributed by atoms with van der Waals surface area (Å²) < 4.78 is 11.9. The van der Waals surface area contributed by atoms with Crippen molar-refractivity contribution in [3.05, 3.63) is 83.0 Å². The van der Waals surface area contributed by atoms with Crippen LogP contribution in [0, 0.1) is 63.2 Å². The average molecular weight is 485 g/mol. The highest BCUT2D eigenvalue weighted by atomic mass is 16.5. The van der Waals surface area contributed by atoms with Gasteiger partial charge in [-0.3, -0.25) is 0 Å². The zero-order valence-electron chi connectivity index (χ0n) is 22.8. The minimum absolute atomic E-state index is 0.571. The van der Waals surface area contributed by atoms with Gasteiger partial charge in [-0.25, -0.2) is 0 Å². The van der Waals surface area contributed by atoms with Crippen molar-refractivity contribution in [2.75, 3.05) is 13.2 Å². The molecule has 0 heterocycles. The highest BCUT2D eigenvalue weighted by Gasteiger charge is 2.58. The summed E-state index contributed by atoms with van der Waals surface area (Å²) in [6.45, 7) is 17.5. The van der Waals surface area contributed by atoms with Gasteiger partial charge in [-0.05, 0) is 135 Å². The van der Waals surface area contributed by atoms with Crippen molar-refractivity contribution in [2.24, 2.45) is 35.5 Å². The third-order valence-corrected chi connectivity index (χ3v) is 9.59. The molecule has 0 saturated heterocycles. The Kier molecular flexibility index (Phi) is 7.33. The molecule has 3 aliphatic rings. The SMILES string of the molecule is C=CCOc1c(C)cc(CC2CCC3C4CCC(C4Cc4cc(C)c(OCC=C)c(C)c4)C23)cc1C. The first kappa shape index (κ1) is 25.2. The van der Waals surface area contributed by atoms with Gasteiger partial charge in [0.2, 0.25) is 0 Å². The summed E-state index contributed by atoms with van der Waals surface area (Å²) in [7, 11) is 0. The fourth-order valence-corrected chi connectivity index (χ4v) is 8.62. The summed E-state index contributed by atoms with van der Waals surface area (Å²) in [4.78, 5) is 0. The van der Waals surface area contributed by atoms with Crippen LogP contribution in [0.1, 0.15) is 59.1 Å². The fourth-order valence-electron chi connectivity index (χ4n) is 8.62. The van der Waals surface area contributed by atoms with Crippen LogP contribution in [0.2, 0.25) is 0 Å². The maximum atomic E-state index is 5.94. The molecule has 0 amide bonds. The molecule has 5 rings (SSSR count). The van der Waals surface area contributed by atoms with Gasteiger partial charge in [0.25, 0.3) is 0 Å². The maximum absolute atomic E-state index is 5.94. The maximum Gasteiger partial charge on any atom is 0.125 e. The minimum Gasteiger partial charge on any atom is -0.489 e. The highest BCUT2D eigenvalue weighted by Crippen LogP contribution is 2.64. The number of hydrogen-bond acceptors (Lipinski definition) is 2. The van der Waals surface area contributed by atoms with Gasteiger partial charge in [-0.2, -0.15) is 0 Å². The van der Waals surface area contributed by atoms with Crippen LogP contribution in [-0.2, 0) is 12.8 Å². The van der Waals surface area contributed by atoms with Gasteiger partial charge < -0.3 is 9.47 Å². The van der Waals surface area contributed by atoms with Crippen LogP contribution in [0.3, 0.4) is 0 Å². The van der Waals surface area contributed by atoms with Gasteiger partial charge in [0.1, 0.15) is 24.7 Å². The van der Waals surface area contributed by atoms with Gasteiger partial charge in [0.15, 0.2) is 0 Å². The van der Waals surface area contributed by atoms with Crippen molar-refractivity contribution in [1.29, 1.82) is 0 Å². The Morgan fingerprint density at radius 1 is 0.667 bits per heavy atom. The zero-order chi connectivity index (χ0) is 25.4. The highest BCUT2D eigenvalue weighted by molar-refractivity contribution is 5.45. The van der Waals surface area contributed by atoms with Crippen molar-refractivity contribution < 1.29 is 9.47 Å². The number of rotatable bonds is 10. The van der Waals surface area contributed by atoms with Gasteiger partial charge in [-0.15, -0.1) is 0 Å². The lowest BCUT2D eigenvalue weighted by Gasteiger charge is -2.29. The van der Waals surface area contributed by atoms with Gasteiger partial charge in [-0.1, -0.05) is 49.6 Å². The smallest absolute Gasteiger partial charge is 0.125 e. The molecule has 0 N–H and O–H groups in total. The molecule has 36 heavy (non-hydrogen) atoms. The van der Waals surface area contributed by atoms with E-state index in [-0.39, 0.29) is 0 Å². The standard InChI is InChI=1S/C34H44O2/c1-7-13-35-33-21(3)15-25(16-22(33)4)19-27-9-10-29-28-11-12-30(32(27)29)31(28)20-26-17-23(5)34(24(6)18-26)36-14-8-2/h7-8,15-18,27-32H,1-2,9-14,19-20H2,3-6H3. The quantitative estimate of drug-likeness (QED) is 0.317. The number of fused-ring (bicyclic) bond motifs is 5. The molecule has 2 heteroatoms. The Labute approximate surface area is 218 Å². The molecule has 0 aliphatic heterocycles. The lowest BCUT2D eigenvalue weighted by atomic mass is 9.76. The Morgan fingerprint density at radius 3 is 1.67 bits per heavy atom. The Bertz CT molecular complexity index is 1080. The van der Waals surface area contributed by atoms with E-state index in [4.69, 9.17) is 9.47 Å². The molecule has 0 radical (unpaired) electrons. The van der Waals surface area contributed by atoms with E-state index in [1.807, 2.05) is 12.2 Å².